The monoisotopic (exact) mass is 464 g/mol. The first-order chi connectivity index (χ1) is 4.22. The molecule has 4 heteroatoms. The summed E-state index contributed by atoms with van der Waals surface area (Å²) < 4.78 is 3.41. The Morgan fingerprint density at radius 2 is 2.22 bits per heavy atom. The summed E-state index contributed by atoms with van der Waals surface area (Å²) in [5, 5.41) is 2.89. The van der Waals surface area contributed by atoms with Crippen LogP contribution in [0, 0.1) is 6.58 Å². The van der Waals surface area contributed by atoms with Crippen molar-refractivity contribution in [2.45, 2.75) is 0 Å². The average Bonchev–Trinajstić information content (AvgIpc) is 1.88. The van der Waals surface area contributed by atoms with E-state index >= 15 is 0 Å². The summed E-state index contributed by atoms with van der Waals surface area (Å²) >= 11 is 2.57. The molecule has 0 aromatic carbocycles. The van der Waals surface area contributed by atoms with Crippen molar-refractivity contribution in [1.82, 2.24) is 5.32 Å². The van der Waals surface area contributed by atoms with E-state index in [0.29, 0.717) is 0 Å². The minimum absolute atomic E-state index is 1.08. The molecule has 3 N–H and O–H groups in total. The number of hydrogen-bond donors (Lipinski definition) is 2. The van der Waals surface area contributed by atoms with Gasteiger partial charge in [0.25, 0.3) is 0 Å². The van der Waals surface area contributed by atoms with Crippen molar-refractivity contribution in [3.05, 3.63) is 12.7 Å². The van der Waals surface area contributed by atoms with E-state index in [4.69, 9.17) is 6.58 Å². The van der Waals surface area contributed by atoms with Crippen LogP contribution in [0.25, 0.3) is 0 Å². The number of nitrogens with two attached hydrogens (primary N) is 1. The van der Waals surface area contributed by atoms with E-state index in [1.54, 1.807) is 6.08 Å². The van der Waals surface area contributed by atoms with Gasteiger partial charge in [0, 0.05) is 0 Å². The summed E-state index contributed by atoms with van der Waals surface area (Å²) in [5.41, 5.74) is 4.63. The van der Waals surface area contributed by atoms with Crippen molar-refractivity contribution < 1.29 is 38.7 Å². The van der Waals surface area contributed by atoms with Crippen LogP contribution in [-0.4, -0.2) is 15.6 Å². The molecule has 0 amide bonds. The third-order valence-electron chi connectivity index (χ3n) is 0.398. The molecule has 0 radical (unpaired) electrons. The van der Waals surface area contributed by atoms with Gasteiger partial charge >= 0.3 is 78.0 Å². The third-order valence-corrected chi connectivity index (χ3v) is 1.62. The maximum atomic E-state index is 5.08. The fourth-order valence-electron chi connectivity index (χ4n) is 0.0833. The SMILES string of the molecule is N[C-]=[W].[CH-]=C[C](=[W])NC. The van der Waals surface area contributed by atoms with Crippen LogP contribution in [0.3, 0.4) is 0 Å². The molecule has 0 heterocycles. The normalized spacial score (nSPS) is 6.44. The first-order valence-corrected chi connectivity index (χ1v) is 5.00. The van der Waals surface area contributed by atoms with Gasteiger partial charge in [0.15, 0.2) is 0 Å². The Kier molecular flexibility index (Phi) is 16.0. The quantitative estimate of drug-likeness (QED) is 0.407. The van der Waals surface area contributed by atoms with Crippen LogP contribution >= 0.6 is 0 Å². The molecule has 0 unspecified atom stereocenters. The van der Waals surface area contributed by atoms with Crippen molar-refractivity contribution in [3.8, 4) is 0 Å². The fourth-order valence-corrected chi connectivity index (χ4v) is 0.0833. The summed E-state index contributed by atoms with van der Waals surface area (Å²) in [6, 6.07) is 0. The van der Waals surface area contributed by atoms with E-state index in [1.165, 1.54) is 38.7 Å². The summed E-state index contributed by atoms with van der Waals surface area (Å²) in [6.07, 6.45) is 1.56. The van der Waals surface area contributed by atoms with Crippen LogP contribution in [0.5, 0.6) is 0 Å². The fraction of sp³-hybridized carbons (Fsp3) is 0.200. The van der Waals surface area contributed by atoms with Crippen LogP contribution in [0.1, 0.15) is 0 Å². The van der Waals surface area contributed by atoms with E-state index in [9.17, 15) is 0 Å². The molecule has 9 heavy (non-hydrogen) atoms. The summed E-state index contributed by atoms with van der Waals surface area (Å²) in [7, 11) is 1.85. The second-order valence-corrected chi connectivity index (χ2v) is 3.33. The van der Waals surface area contributed by atoms with Crippen molar-refractivity contribution in [1.29, 1.82) is 0 Å². The van der Waals surface area contributed by atoms with Crippen LogP contribution in [0.4, 0.5) is 0 Å². The number of nitrogens with one attached hydrogen (secondary N) is 1. The Balaban J connectivity index is 0. The van der Waals surface area contributed by atoms with Crippen molar-refractivity contribution in [2.24, 2.45) is 5.73 Å². The first kappa shape index (κ1) is 12.5. The van der Waals surface area contributed by atoms with E-state index in [0.717, 1.165) is 4.02 Å². The van der Waals surface area contributed by atoms with Gasteiger partial charge in [0.2, 0.25) is 0 Å². The van der Waals surface area contributed by atoms with Gasteiger partial charge in [0.05, 0.1) is 0 Å². The van der Waals surface area contributed by atoms with Crippen LogP contribution < -0.4 is 11.1 Å². The van der Waals surface area contributed by atoms with Crippen molar-refractivity contribution in [2.75, 3.05) is 7.05 Å². The van der Waals surface area contributed by atoms with Gasteiger partial charge in [-0.05, 0) is 0 Å². The number of likely N-dealkylation sites (N-methyl/N-ethyl adjacent to an activating group) is 1. The van der Waals surface area contributed by atoms with Crippen LogP contribution in [0.15, 0.2) is 6.08 Å². The van der Waals surface area contributed by atoms with E-state index in [-0.39, 0.29) is 0 Å². The Labute approximate surface area is 77.7 Å². The van der Waals surface area contributed by atoms with Crippen LogP contribution in [-0.2, 0) is 38.7 Å². The van der Waals surface area contributed by atoms with E-state index in [1.807, 2.05) is 7.05 Å². The average molecular weight is 464 g/mol. The van der Waals surface area contributed by atoms with E-state index < -0.39 is 0 Å². The molecule has 0 rings (SSSR count). The van der Waals surface area contributed by atoms with Gasteiger partial charge in [0.1, 0.15) is 0 Å². The molecular weight excluding hydrogens is 456 g/mol. The molecular formula is C5H8N2W2-2. The van der Waals surface area contributed by atoms with Crippen molar-refractivity contribution >= 4 is 8.55 Å². The van der Waals surface area contributed by atoms with Crippen molar-refractivity contribution in [3.63, 3.8) is 0 Å². The van der Waals surface area contributed by atoms with Gasteiger partial charge < -0.3 is 0 Å². The standard InChI is InChI=1S/C4H6N.CH2N.2W/c1-3-4-5-2;1-2;;/h1,3,5H,2H3;2H2;;/q2*-1;;. The Morgan fingerprint density at radius 3 is 2.22 bits per heavy atom. The minimum atomic E-state index is 1.08. The third kappa shape index (κ3) is 17.7. The molecule has 0 spiro atoms. The van der Waals surface area contributed by atoms with Crippen LogP contribution in [0.2, 0.25) is 0 Å². The number of rotatable bonds is 2. The molecule has 0 aliphatic heterocycles. The molecule has 0 saturated heterocycles. The summed E-state index contributed by atoms with van der Waals surface area (Å²) in [4.78, 5) is 0. The van der Waals surface area contributed by atoms with Gasteiger partial charge in [-0.1, -0.05) is 0 Å². The second kappa shape index (κ2) is 11.6. The van der Waals surface area contributed by atoms with Gasteiger partial charge in [-0.25, -0.2) is 0 Å². The second-order valence-electron chi connectivity index (χ2n) is 0.899. The zero-order valence-electron chi connectivity index (χ0n) is 5.05. The molecule has 2 nitrogen and oxygen atoms in total. The topological polar surface area (TPSA) is 38.0 Å². The Morgan fingerprint density at radius 1 is 1.89 bits per heavy atom. The molecule has 0 atom stereocenters. The van der Waals surface area contributed by atoms with Gasteiger partial charge in [-0.15, -0.1) is 0 Å². The van der Waals surface area contributed by atoms with Gasteiger partial charge in [-0.3, -0.25) is 0 Å². The molecule has 0 aromatic heterocycles. The molecule has 0 saturated carbocycles. The van der Waals surface area contributed by atoms with E-state index in [2.05, 4.69) is 15.6 Å². The summed E-state index contributed by atoms with van der Waals surface area (Å²) in [5.74, 6) is 0. The number of hydrogen-bond acceptors (Lipinski definition) is 2. The zero-order chi connectivity index (χ0) is 7.70. The Bertz CT molecular complexity index is 101. The maximum absolute atomic E-state index is 5.08. The molecule has 0 aromatic rings. The molecule has 0 bridgehead atoms. The molecule has 0 aliphatic carbocycles. The molecule has 52 valence electrons. The van der Waals surface area contributed by atoms with Gasteiger partial charge in [-0.2, -0.15) is 0 Å². The Hall–Kier alpha value is 0.777. The predicted octanol–water partition coefficient (Wildman–Crippen LogP) is -1.000. The summed E-state index contributed by atoms with van der Waals surface area (Å²) in [6.45, 7) is 5.08. The first-order valence-electron chi connectivity index (χ1n) is 2.07. The zero-order valence-corrected chi connectivity index (χ0v) is 10.9. The predicted molar refractivity (Wildman–Crippen MR) is 32.1 cm³/mol. The molecule has 0 aliphatic rings. The molecule has 0 fully saturated rings.